The predicted octanol–water partition coefficient (Wildman–Crippen LogP) is 4.16. The lowest BCUT2D eigenvalue weighted by Crippen LogP contribution is -2.36. The van der Waals surface area contributed by atoms with Crippen LogP contribution in [0.3, 0.4) is 0 Å². The van der Waals surface area contributed by atoms with Crippen LogP contribution in [-0.4, -0.2) is 72.4 Å². The van der Waals surface area contributed by atoms with Gasteiger partial charge in [0.2, 0.25) is 5.91 Å². The van der Waals surface area contributed by atoms with Gasteiger partial charge in [0.25, 0.3) is 0 Å². The Morgan fingerprint density at radius 2 is 2.00 bits per heavy atom. The van der Waals surface area contributed by atoms with Crippen molar-refractivity contribution in [2.75, 3.05) is 50.1 Å². The molecular weight excluding hydrogens is 501 g/mol. The second kappa shape index (κ2) is 11.4. The first-order chi connectivity index (χ1) is 18.0. The number of aromatic nitrogens is 2. The van der Waals surface area contributed by atoms with E-state index in [9.17, 15) is 9.18 Å². The van der Waals surface area contributed by atoms with Crippen molar-refractivity contribution >= 4 is 45.6 Å². The van der Waals surface area contributed by atoms with Crippen LogP contribution in [0.2, 0.25) is 5.02 Å². The fourth-order valence-corrected chi connectivity index (χ4v) is 4.62. The van der Waals surface area contributed by atoms with Crippen LogP contribution in [-0.2, 0) is 14.3 Å². The van der Waals surface area contributed by atoms with Gasteiger partial charge in [-0.2, -0.15) is 0 Å². The lowest BCUT2D eigenvalue weighted by atomic mass is 10.1. The number of anilines is 3. The number of amides is 1. The summed E-state index contributed by atoms with van der Waals surface area (Å²) in [7, 11) is 0. The number of benzene rings is 2. The summed E-state index contributed by atoms with van der Waals surface area (Å²) in [5.41, 5.74) is 1.65. The first-order valence-electron chi connectivity index (χ1n) is 12.1. The highest BCUT2D eigenvalue weighted by molar-refractivity contribution is 6.31. The van der Waals surface area contributed by atoms with Gasteiger partial charge in [-0.1, -0.05) is 17.7 Å². The standard InChI is InChI=1S/C26H27ClFN5O4/c1-2-35-22-12-20-17(26(30-15-29-20)31-16-5-6-19(28)18(27)10-16)11-21(22)32-25(34)4-3-7-33-13-23-24(14-33)37-9-8-36-23/h3-6,10-12,15,23-24H,2,7-9,13-14H2,1H3,(H,32,34)(H,29,30,31)/b4-3+/t23-,24-/m0/s1. The molecule has 0 saturated carbocycles. The highest BCUT2D eigenvalue weighted by Gasteiger charge is 2.35. The van der Waals surface area contributed by atoms with Gasteiger partial charge in [0, 0.05) is 42.9 Å². The molecule has 3 heterocycles. The Labute approximate surface area is 218 Å². The summed E-state index contributed by atoms with van der Waals surface area (Å²) < 4.78 is 30.8. The smallest absolute Gasteiger partial charge is 0.248 e. The summed E-state index contributed by atoms with van der Waals surface area (Å²) in [5, 5.41) is 6.67. The first kappa shape index (κ1) is 25.3. The summed E-state index contributed by atoms with van der Waals surface area (Å²) in [6.07, 6.45) is 4.93. The molecule has 37 heavy (non-hydrogen) atoms. The Morgan fingerprint density at radius 1 is 1.22 bits per heavy atom. The van der Waals surface area contributed by atoms with E-state index in [1.807, 2.05) is 13.0 Å². The molecule has 5 rings (SSSR count). The van der Waals surface area contributed by atoms with Crippen molar-refractivity contribution in [2.24, 2.45) is 0 Å². The minimum absolute atomic E-state index is 0.00511. The molecule has 2 fully saturated rings. The van der Waals surface area contributed by atoms with E-state index in [2.05, 4.69) is 25.5 Å². The quantitative estimate of drug-likeness (QED) is 0.421. The van der Waals surface area contributed by atoms with Gasteiger partial charge in [0.15, 0.2) is 0 Å². The van der Waals surface area contributed by atoms with Gasteiger partial charge in [-0.05, 0) is 31.2 Å². The molecular formula is C26H27ClFN5O4. The van der Waals surface area contributed by atoms with E-state index < -0.39 is 5.82 Å². The molecule has 2 N–H and O–H groups in total. The topological polar surface area (TPSA) is 97.8 Å². The van der Waals surface area contributed by atoms with E-state index in [1.54, 1.807) is 18.2 Å². The molecule has 194 valence electrons. The molecule has 0 aliphatic carbocycles. The highest BCUT2D eigenvalue weighted by atomic mass is 35.5. The number of nitrogens with one attached hydrogen (secondary N) is 2. The van der Waals surface area contributed by atoms with E-state index in [0.29, 0.717) is 60.2 Å². The summed E-state index contributed by atoms with van der Waals surface area (Å²) >= 11 is 5.92. The zero-order valence-corrected chi connectivity index (χ0v) is 21.0. The largest absolute Gasteiger partial charge is 0.492 e. The number of ether oxygens (including phenoxy) is 3. The summed E-state index contributed by atoms with van der Waals surface area (Å²) in [4.78, 5) is 23.6. The molecule has 3 aromatic rings. The average molecular weight is 528 g/mol. The Balaban J connectivity index is 1.32. The van der Waals surface area contributed by atoms with Crippen molar-refractivity contribution < 1.29 is 23.4 Å². The number of likely N-dealkylation sites (tertiary alicyclic amines) is 1. The molecule has 2 atom stereocenters. The van der Waals surface area contributed by atoms with Crippen molar-refractivity contribution in [3.8, 4) is 5.75 Å². The predicted molar refractivity (Wildman–Crippen MR) is 139 cm³/mol. The van der Waals surface area contributed by atoms with Crippen molar-refractivity contribution in [1.82, 2.24) is 14.9 Å². The Bertz CT molecular complexity index is 1310. The number of halogens is 2. The van der Waals surface area contributed by atoms with Crippen LogP contribution < -0.4 is 15.4 Å². The van der Waals surface area contributed by atoms with Gasteiger partial charge in [0.05, 0.1) is 48.3 Å². The van der Waals surface area contributed by atoms with Crippen molar-refractivity contribution in [1.29, 1.82) is 0 Å². The molecule has 2 aliphatic rings. The monoisotopic (exact) mass is 527 g/mol. The fraction of sp³-hybridized carbons (Fsp3) is 0.346. The summed E-state index contributed by atoms with van der Waals surface area (Å²) in [6.45, 7) is 5.71. The third-order valence-electron chi connectivity index (χ3n) is 6.15. The third kappa shape index (κ3) is 5.99. The van der Waals surface area contributed by atoms with Gasteiger partial charge < -0.3 is 24.8 Å². The summed E-state index contributed by atoms with van der Waals surface area (Å²) in [5.74, 6) is 0.163. The van der Waals surface area contributed by atoms with Gasteiger partial charge in [-0.15, -0.1) is 0 Å². The second-order valence-electron chi connectivity index (χ2n) is 8.70. The molecule has 2 aromatic carbocycles. The Kier molecular flexibility index (Phi) is 7.80. The molecule has 2 aliphatic heterocycles. The van der Waals surface area contributed by atoms with Gasteiger partial charge >= 0.3 is 0 Å². The zero-order chi connectivity index (χ0) is 25.8. The molecule has 9 nitrogen and oxygen atoms in total. The number of fused-ring (bicyclic) bond motifs is 2. The summed E-state index contributed by atoms with van der Waals surface area (Å²) in [6, 6.07) is 7.80. The number of carbonyl (C=O) groups excluding carboxylic acids is 1. The van der Waals surface area contributed by atoms with Crippen LogP contribution in [0.4, 0.5) is 21.6 Å². The molecule has 0 bridgehead atoms. The van der Waals surface area contributed by atoms with Crippen molar-refractivity contribution in [3.05, 3.63) is 59.7 Å². The number of hydrogen-bond acceptors (Lipinski definition) is 8. The Hall–Kier alpha value is -3.31. The number of carbonyl (C=O) groups is 1. The van der Waals surface area contributed by atoms with Crippen LogP contribution in [0.1, 0.15) is 6.92 Å². The van der Waals surface area contributed by atoms with Crippen LogP contribution in [0.25, 0.3) is 10.9 Å². The average Bonchev–Trinajstić information content (AvgIpc) is 3.30. The molecule has 0 unspecified atom stereocenters. The lowest BCUT2D eigenvalue weighted by molar-refractivity contribution is -0.116. The first-order valence-corrected chi connectivity index (χ1v) is 12.4. The highest BCUT2D eigenvalue weighted by Crippen LogP contribution is 2.34. The van der Waals surface area contributed by atoms with E-state index in [0.717, 1.165) is 13.1 Å². The molecule has 0 spiro atoms. The normalized spacial score (nSPS) is 19.8. The molecule has 2 saturated heterocycles. The van der Waals surface area contributed by atoms with Crippen LogP contribution in [0, 0.1) is 5.82 Å². The van der Waals surface area contributed by atoms with E-state index in [4.69, 9.17) is 25.8 Å². The maximum absolute atomic E-state index is 13.6. The molecule has 0 radical (unpaired) electrons. The minimum atomic E-state index is -0.510. The molecule has 1 amide bonds. The zero-order valence-electron chi connectivity index (χ0n) is 20.2. The fourth-order valence-electron chi connectivity index (χ4n) is 4.44. The maximum Gasteiger partial charge on any atom is 0.248 e. The van der Waals surface area contributed by atoms with Crippen LogP contribution in [0.5, 0.6) is 5.75 Å². The maximum atomic E-state index is 13.6. The van der Waals surface area contributed by atoms with Crippen LogP contribution >= 0.6 is 11.6 Å². The van der Waals surface area contributed by atoms with Crippen LogP contribution in [0.15, 0.2) is 48.8 Å². The van der Waals surface area contributed by atoms with Gasteiger partial charge in [0.1, 0.15) is 23.7 Å². The molecule has 11 heteroatoms. The van der Waals surface area contributed by atoms with Crippen molar-refractivity contribution in [2.45, 2.75) is 19.1 Å². The third-order valence-corrected chi connectivity index (χ3v) is 6.44. The number of hydrogen-bond donors (Lipinski definition) is 2. The SMILES string of the molecule is CCOc1cc2ncnc(Nc3ccc(F)c(Cl)c3)c2cc1NC(=O)/C=C/CN1C[C@@H]2OCCO[C@H]2C1. The lowest BCUT2D eigenvalue weighted by Gasteiger charge is -2.24. The number of nitrogens with zero attached hydrogens (tertiary/aromatic N) is 3. The van der Waals surface area contributed by atoms with E-state index in [-0.39, 0.29) is 23.1 Å². The van der Waals surface area contributed by atoms with E-state index >= 15 is 0 Å². The number of rotatable bonds is 8. The second-order valence-corrected chi connectivity index (χ2v) is 9.11. The van der Waals surface area contributed by atoms with Crippen molar-refractivity contribution in [3.63, 3.8) is 0 Å². The van der Waals surface area contributed by atoms with Gasteiger partial charge in [-0.25, -0.2) is 14.4 Å². The molecule has 1 aromatic heterocycles. The van der Waals surface area contributed by atoms with Gasteiger partial charge in [-0.3, -0.25) is 9.69 Å². The minimum Gasteiger partial charge on any atom is -0.492 e. The Morgan fingerprint density at radius 3 is 2.73 bits per heavy atom. The van der Waals surface area contributed by atoms with E-state index in [1.165, 1.54) is 24.5 Å².